The van der Waals surface area contributed by atoms with Gasteiger partial charge in [-0.1, -0.05) is 18.1 Å². The van der Waals surface area contributed by atoms with Crippen molar-refractivity contribution in [2.24, 2.45) is 0 Å². The number of anilines is 2. The zero-order valence-electron chi connectivity index (χ0n) is 21.1. The number of likely N-dealkylation sites (tertiary alicyclic amines) is 1. The van der Waals surface area contributed by atoms with Crippen LogP contribution in [0, 0.1) is 5.82 Å². The highest BCUT2D eigenvalue weighted by molar-refractivity contribution is 5.93. The monoisotopic (exact) mass is 484 g/mol. The van der Waals surface area contributed by atoms with Gasteiger partial charge in [-0.15, -0.1) is 0 Å². The van der Waals surface area contributed by atoms with E-state index in [1.165, 1.54) is 6.07 Å². The van der Waals surface area contributed by atoms with Gasteiger partial charge < -0.3 is 19.6 Å². The maximum Gasteiger partial charge on any atom is 0.321 e. The van der Waals surface area contributed by atoms with Gasteiger partial charge in [0, 0.05) is 56.6 Å². The van der Waals surface area contributed by atoms with Crippen LogP contribution >= 0.6 is 0 Å². The van der Waals surface area contributed by atoms with Crippen LogP contribution in [0.4, 0.5) is 20.6 Å². The van der Waals surface area contributed by atoms with Crippen LogP contribution in [-0.4, -0.2) is 71.3 Å². The highest BCUT2D eigenvalue weighted by atomic mass is 19.1. The average Bonchev–Trinajstić information content (AvgIpc) is 3.61. The van der Waals surface area contributed by atoms with Crippen molar-refractivity contribution in [1.29, 1.82) is 0 Å². The molecule has 3 aliphatic rings. The molecule has 35 heavy (non-hydrogen) atoms. The summed E-state index contributed by atoms with van der Waals surface area (Å²) < 4.78 is 20.4. The van der Waals surface area contributed by atoms with E-state index in [0.717, 1.165) is 75.7 Å². The van der Waals surface area contributed by atoms with Gasteiger partial charge in [0.1, 0.15) is 11.5 Å². The third kappa shape index (κ3) is 4.87. The van der Waals surface area contributed by atoms with E-state index >= 15 is 0 Å². The third-order valence-corrected chi connectivity index (χ3v) is 8.14. The molecule has 2 saturated heterocycles. The van der Waals surface area contributed by atoms with Crippen molar-refractivity contribution >= 4 is 17.4 Å². The van der Waals surface area contributed by atoms with E-state index in [1.807, 2.05) is 6.07 Å². The number of halogens is 1. The van der Waals surface area contributed by atoms with Crippen molar-refractivity contribution in [1.82, 2.24) is 19.9 Å². The van der Waals surface area contributed by atoms with Gasteiger partial charge in [-0.3, -0.25) is 4.90 Å². The van der Waals surface area contributed by atoms with Crippen LogP contribution < -0.4 is 10.2 Å². The number of carbonyl (C=O) groups is 1. The first-order chi connectivity index (χ1) is 16.9. The molecule has 1 N–H and O–H groups in total. The number of aromatic nitrogens is 2. The predicted molar refractivity (Wildman–Crippen MR) is 133 cm³/mol. The molecule has 0 unspecified atom stereocenters. The van der Waals surface area contributed by atoms with Gasteiger partial charge in [0.15, 0.2) is 5.82 Å². The summed E-state index contributed by atoms with van der Waals surface area (Å²) in [5.74, 6) is 1.56. The van der Waals surface area contributed by atoms with Gasteiger partial charge in [-0.2, -0.15) is 4.98 Å². The Labute approximate surface area is 206 Å². The van der Waals surface area contributed by atoms with Gasteiger partial charge in [0.25, 0.3) is 0 Å². The first-order valence-corrected chi connectivity index (χ1v) is 13.1. The lowest BCUT2D eigenvalue weighted by molar-refractivity contribution is 0.159. The van der Waals surface area contributed by atoms with E-state index in [-0.39, 0.29) is 17.1 Å². The minimum Gasteiger partial charge on any atom is -0.367 e. The number of nitrogens with zero attached hydrogens (tertiary/aromatic N) is 5. The summed E-state index contributed by atoms with van der Waals surface area (Å²) in [6.45, 7) is 11.1. The zero-order chi connectivity index (χ0) is 24.6. The van der Waals surface area contributed by atoms with Crippen LogP contribution in [0.3, 0.4) is 0 Å². The van der Waals surface area contributed by atoms with Gasteiger partial charge in [0.2, 0.25) is 5.89 Å². The lowest BCUT2D eigenvalue weighted by Crippen LogP contribution is -2.49. The smallest absolute Gasteiger partial charge is 0.321 e. The summed E-state index contributed by atoms with van der Waals surface area (Å²) >= 11 is 0. The number of rotatable bonds is 6. The molecule has 1 aromatic carbocycles. The maximum absolute atomic E-state index is 14.9. The first-order valence-electron chi connectivity index (χ1n) is 13.1. The molecule has 2 aliphatic heterocycles. The third-order valence-electron chi connectivity index (χ3n) is 8.14. The minimum absolute atomic E-state index is 0.174. The second kappa shape index (κ2) is 9.76. The lowest BCUT2D eigenvalue weighted by atomic mass is 9.75. The number of hydrogen-bond donors (Lipinski definition) is 1. The molecule has 2 aromatic rings. The summed E-state index contributed by atoms with van der Waals surface area (Å²) in [7, 11) is 0. The van der Waals surface area contributed by atoms with Crippen LogP contribution in [0.5, 0.6) is 0 Å². The quantitative estimate of drug-likeness (QED) is 0.646. The second-order valence-electron chi connectivity index (χ2n) is 10.5. The first kappa shape index (κ1) is 24.0. The molecule has 3 fully saturated rings. The molecule has 3 heterocycles. The van der Waals surface area contributed by atoms with Gasteiger partial charge in [0.05, 0.1) is 5.69 Å². The van der Waals surface area contributed by atoms with E-state index in [9.17, 15) is 9.18 Å². The van der Waals surface area contributed by atoms with E-state index in [1.54, 1.807) is 11.0 Å². The number of para-hydroxylation sites is 1. The molecular weight excluding hydrogens is 447 g/mol. The molecule has 1 aliphatic carbocycles. The van der Waals surface area contributed by atoms with E-state index in [4.69, 9.17) is 9.51 Å². The molecule has 5 rings (SSSR count). The van der Waals surface area contributed by atoms with E-state index < -0.39 is 5.82 Å². The molecule has 0 spiro atoms. The SMILES string of the molecule is CCC1(c2noc(C3CC3)n2)CCN(C(=O)Nc2c(F)cccc2N2CCN(C(C)C)CC2)CC1. The summed E-state index contributed by atoms with van der Waals surface area (Å²) in [6.07, 6.45) is 4.68. The Morgan fingerprint density at radius 1 is 1.17 bits per heavy atom. The number of benzene rings is 1. The molecule has 0 atom stereocenters. The number of piperazine rings is 1. The molecule has 190 valence electrons. The average molecular weight is 485 g/mol. The Morgan fingerprint density at radius 3 is 2.51 bits per heavy atom. The number of nitrogens with one attached hydrogen (secondary N) is 1. The molecule has 0 bridgehead atoms. The second-order valence-corrected chi connectivity index (χ2v) is 10.5. The Hall–Kier alpha value is -2.68. The number of piperidine rings is 1. The van der Waals surface area contributed by atoms with Crippen LogP contribution in [0.1, 0.15) is 70.5 Å². The van der Waals surface area contributed by atoms with E-state index in [2.05, 4.69) is 41.0 Å². The van der Waals surface area contributed by atoms with Gasteiger partial charge >= 0.3 is 6.03 Å². The summed E-state index contributed by atoms with van der Waals surface area (Å²) in [4.78, 5) is 24.3. The summed E-state index contributed by atoms with van der Waals surface area (Å²) in [6, 6.07) is 5.26. The number of amides is 2. The van der Waals surface area contributed by atoms with Crippen molar-refractivity contribution in [3.8, 4) is 0 Å². The molecule has 2 amide bonds. The van der Waals surface area contributed by atoms with Gasteiger partial charge in [-0.05, 0) is 58.1 Å². The summed E-state index contributed by atoms with van der Waals surface area (Å²) in [5, 5.41) is 7.21. The fourth-order valence-electron chi connectivity index (χ4n) is 5.39. The van der Waals surface area contributed by atoms with Crippen LogP contribution in [-0.2, 0) is 5.41 Å². The van der Waals surface area contributed by atoms with Crippen LogP contribution in [0.15, 0.2) is 22.7 Å². The van der Waals surface area contributed by atoms with Crippen LogP contribution in [0.25, 0.3) is 0 Å². The predicted octanol–water partition coefficient (Wildman–Crippen LogP) is 4.59. The Bertz CT molecular complexity index is 1040. The largest absolute Gasteiger partial charge is 0.367 e. The molecule has 8 nitrogen and oxygen atoms in total. The molecular formula is C26H37FN6O2. The van der Waals surface area contributed by atoms with Crippen molar-refractivity contribution in [2.45, 2.75) is 70.3 Å². The van der Waals surface area contributed by atoms with Crippen molar-refractivity contribution in [2.75, 3.05) is 49.5 Å². The highest BCUT2D eigenvalue weighted by Gasteiger charge is 2.41. The molecule has 1 aromatic heterocycles. The molecule has 1 saturated carbocycles. The molecule has 0 radical (unpaired) electrons. The van der Waals surface area contributed by atoms with Crippen LogP contribution in [0.2, 0.25) is 0 Å². The maximum atomic E-state index is 14.9. The number of hydrogen-bond acceptors (Lipinski definition) is 6. The normalized spacial score (nSPS) is 20.9. The summed E-state index contributed by atoms with van der Waals surface area (Å²) in [5.41, 5.74) is 0.850. The fraction of sp³-hybridized carbons (Fsp3) is 0.654. The Morgan fingerprint density at radius 2 is 1.89 bits per heavy atom. The Kier molecular flexibility index (Phi) is 6.70. The number of carbonyl (C=O) groups excluding carboxylic acids is 1. The van der Waals surface area contributed by atoms with Gasteiger partial charge in [-0.25, -0.2) is 9.18 Å². The standard InChI is InChI=1S/C26H37FN6O2/c1-4-26(24-29-23(35-30-24)19-8-9-19)10-12-33(13-11-26)25(34)28-22-20(27)6-5-7-21(22)32-16-14-31(15-17-32)18(2)3/h5-7,18-19H,4,8-17H2,1-3H3,(H,28,34). The highest BCUT2D eigenvalue weighted by Crippen LogP contribution is 2.42. The van der Waals surface area contributed by atoms with E-state index in [0.29, 0.717) is 25.0 Å². The Balaban J connectivity index is 1.24. The fourth-order valence-corrected chi connectivity index (χ4v) is 5.39. The van der Waals surface area contributed by atoms with Crippen molar-refractivity contribution in [3.63, 3.8) is 0 Å². The van der Waals surface area contributed by atoms with Crippen molar-refractivity contribution < 1.29 is 13.7 Å². The zero-order valence-corrected chi connectivity index (χ0v) is 21.1. The molecule has 9 heteroatoms. The van der Waals surface area contributed by atoms with Crippen molar-refractivity contribution in [3.05, 3.63) is 35.7 Å². The number of urea groups is 1. The minimum atomic E-state index is -0.401. The lowest BCUT2D eigenvalue weighted by Gasteiger charge is -2.40. The topological polar surface area (TPSA) is 77.7 Å².